The number of esters is 1. The summed E-state index contributed by atoms with van der Waals surface area (Å²) in [6.07, 6.45) is 1.47. The molecular formula is C21H34O3S2. The number of hydrogen-bond donors (Lipinski definition) is 3. The minimum absolute atomic E-state index is 0.131. The molecule has 0 spiro atoms. The van der Waals surface area contributed by atoms with E-state index in [2.05, 4.69) is 66.8 Å². The Morgan fingerprint density at radius 2 is 1.54 bits per heavy atom. The molecule has 0 heterocycles. The highest BCUT2D eigenvalue weighted by molar-refractivity contribution is 7.81. The second kappa shape index (κ2) is 8.92. The van der Waals surface area contributed by atoms with Gasteiger partial charge in [-0.15, -0.1) is 12.6 Å². The van der Waals surface area contributed by atoms with Crippen molar-refractivity contribution in [3.05, 3.63) is 28.8 Å². The van der Waals surface area contributed by atoms with Crippen LogP contribution in [-0.2, 0) is 26.8 Å². The second-order valence-corrected chi connectivity index (χ2v) is 10.5. The standard InChI is InChI=1S/C21H34O3S2/c1-13(25)10-18(26)24-17(22)9-8-14-11-15(20(2,3)4)19(23)16(12-14)21(5,6)7/h11-13,18,23,25-26H,8-10H2,1-7H3. The van der Waals surface area contributed by atoms with Crippen LogP contribution < -0.4 is 0 Å². The van der Waals surface area contributed by atoms with E-state index in [9.17, 15) is 9.90 Å². The van der Waals surface area contributed by atoms with Crippen LogP contribution in [0.5, 0.6) is 5.75 Å². The number of carbonyl (C=O) groups excluding carboxylic acids is 1. The van der Waals surface area contributed by atoms with Crippen LogP contribution in [0.3, 0.4) is 0 Å². The van der Waals surface area contributed by atoms with E-state index < -0.39 is 5.44 Å². The summed E-state index contributed by atoms with van der Waals surface area (Å²) >= 11 is 8.58. The van der Waals surface area contributed by atoms with Gasteiger partial charge in [-0.25, -0.2) is 0 Å². The van der Waals surface area contributed by atoms with Gasteiger partial charge >= 0.3 is 5.97 Å². The quantitative estimate of drug-likeness (QED) is 0.340. The Balaban J connectivity index is 2.98. The summed E-state index contributed by atoms with van der Waals surface area (Å²) in [7, 11) is 0. The van der Waals surface area contributed by atoms with E-state index in [0.29, 0.717) is 18.6 Å². The third-order valence-electron chi connectivity index (χ3n) is 4.21. The van der Waals surface area contributed by atoms with Gasteiger partial charge in [0.15, 0.2) is 0 Å². The molecule has 0 aliphatic heterocycles. The average molecular weight is 399 g/mol. The number of benzene rings is 1. The summed E-state index contributed by atoms with van der Waals surface area (Å²) in [5.74, 6) is 0.0937. The molecule has 3 nitrogen and oxygen atoms in total. The molecule has 1 aromatic rings. The lowest BCUT2D eigenvalue weighted by Crippen LogP contribution is -2.19. The first-order chi connectivity index (χ1) is 11.7. The van der Waals surface area contributed by atoms with Crippen molar-refractivity contribution in [1.82, 2.24) is 0 Å². The van der Waals surface area contributed by atoms with Crippen molar-refractivity contribution in [3.63, 3.8) is 0 Å². The highest BCUT2D eigenvalue weighted by atomic mass is 32.1. The van der Waals surface area contributed by atoms with Gasteiger partial charge in [0.2, 0.25) is 0 Å². The molecule has 0 saturated carbocycles. The molecule has 0 amide bonds. The average Bonchev–Trinajstić information content (AvgIpc) is 2.42. The largest absolute Gasteiger partial charge is 0.507 e. The third kappa shape index (κ3) is 7.07. The van der Waals surface area contributed by atoms with E-state index in [1.54, 1.807) is 0 Å². The van der Waals surface area contributed by atoms with Gasteiger partial charge in [-0.05, 0) is 33.9 Å². The van der Waals surface area contributed by atoms with E-state index in [1.807, 2.05) is 19.1 Å². The molecular weight excluding hydrogens is 364 g/mol. The van der Waals surface area contributed by atoms with Crippen LogP contribution in [0.15, 0.2) is 12.1 Å². The van der Waals surface area contributed by atoms with Crippen molar-refractivity contribution < 1.29 is 14.6 Å². The molecule has 148 valence electrons. The van der Waals surface area contributed by atoms with Gasteiger partial charge in [-0.1, -0.05) is 60.6 Å². The summed E-state index contributed by atoms with van der Waals surface area (Å²) in [6.45, 7) is 14.4. The Labute approximate surface area is 169 Å². The molecule has 0 aliphatic carbocycles. The van der Waals surface area contributed by atoms with Gasteiger partial charge in [0.05, 0.1) is 0 Å². The smallest absolute Gasteiger partial charge is 0.307 e. The number of hydrogen-bond acceptors (Lipinski definition) is 5. The molecule has 0 bridgehead atoms. The van der Waals surface area contributed by atoms with Gasteiger partial charge in [-0.2, -0.15) is 12.6 Å². The lowest BCUT2D eigenvalue weighted by molar-refractivity contribution is -0.145. The van der Waals surface area contributed by atoms with Crippen molar-refractivity contribution in [2.24, 2.45) is 0 Å². The lowest BCUT2D eigenvalue weighted by Gasteiger charge is -2.28. The fourth-order valence-electron chi connectivity index (χ4n) is 2.78. The van der Waals surface area contributed by atoms with Gasteiger partial charge < -0.3 is 9.84 Å². The molecule has 26 heavy (non-hydrogen) atoms. The summed E-state index contributed by atoms with van der Waals surface area (Å²) in [4.78, 5) is 12.1. The van der Waals surface area contributed by atoms with Gasteiger partial charge in [0.25, 0.3) is 0 Å². The van der Waals surface area contributed by atoms with Crippen LogP contribution in [0.4, 0.5) is 0 Å². The monoisotopic (exact) mass is 398 g/mol. The van der Waals surface area contributed by atoms with E-state index in [1.165, 1.54) is 0 Å². The Hall–Kier alpha value is -0.810. The maximum absolute atomic E-state index is 12.1. The Morgan fingerprint density at radius 3 is 1.92 bits per heavy atom. The van der Waals surface area contributed by atoms with E-state index >= 15 is 0 Å². The number of phenolic OH excluding ortho intramolecular Hbond substituents is 1. The predicted molar refractivity (Wildman–Crippen MR) is 116 cm³/mol. The Kier molecular flexibility index (Phi) is 7.97. The summed E-state index contributed by atoms with van der Waals surface area (Å²) in [5.41, 5.74) is 2.06. The molecule has 5 heteroatoms. The number of rotatable bonds is 6. The van der Waals surface area contributed by atoms with Crippen molar-refractivity contribution in [1.29, 1.82) is 0 Å². The highest BCUT2D eigenvalue weighted by Gasteiger charge is 2.26. The fraction of sp³-hybridized carbons (Fsp3) is 0.667. The van der Waals surface area contributed by atoms with Crippen molar-refractivity contribution in [3.8, 4) is 5.75 Å². The maximum Gasteiger partial charge on any atom is 0.307 e. The zero-order valence-corrected chi connectivity index (χ0v) is 18.9. The summed E-state index contributed by atoms with van der Waals surface area (Å²) < 4.78 is 5.33. The molecule has 0 radical (unpaired) electrons. The first kappa shape index (κ1) is 23.2. The maximum atomic E-state index is 12.1. The third-order valence-corrected chi connectivity index (χ3v) is 4.74. The predicted octanol–water partition coefficient (Wildman–Crippen LogP) is 5.43. The molecule has 1 rings (SSSR count). The van der Waals surface area contributed by atoms with E-state index in [0.717, 1.165) is 16.7 Å². The molecule has 0 aliphatic rings. The van der Waals surface area contributed by atoms with Crippen LogP contribution in [0.25, 0.3) is 0 Å². The van der Waals surface area contributed by atoms with E-state index in [4.69, 9.17) is 4.74 Å². The number of carbonyl (C=O) groups is 1. The molecule has 2 unspecified atom stereocenters. The number of thiol groups is 2. The fourth-order valence-corrected chi connectivity index (χ4v) is 3.57. The summed E-state index contributed by atoms with van der Waals surface area (Å²) in [5, 5.41) is 10.9. The van der Waals surface area contributed by atoms with Crippen LogP contribution in [0.2, 0.25) is 0 Å². The normalized spacial score (nSPS) is 14.8. The van der Waals surface area contributed by atoms with Crippen molar-refractivity contribution in [2.45, 2.75) is 89.2 Å². The number of ether oxygens (including phenoxy) is 1. The van der Waals surface area contributed by atoms with Gasteiger partial charge in [-0.3, -0.25) is 4.79 Å². The van der Waals surface area contributed by atoms with Crippen LogP contribution in [0, 0.1) is 0 Å². The minimum atomic E-state index is -0.426. The van der Waals surface area contributed by atoms with Gasteiger partial charge in [0.1, 0.15) is 11.2 Å². The first-order valence-electron chi connectivity index (χ1n) is 9.14. The molecule has 0 saturated heterocycles. The van der Waals surface area contributed by atoms with E-state index in [-0.39, 0.29) is 28.5 Å². The van der Waals surface area contributed by atoms with Gasteiger partial charge in [0, 0.05) is 18.1 Å². The zero-order valence-electron chi connectivity index (χ0n) is 17.1. The number of aromatic hydroxyl groups is 1. The molecule has 0 fully saturated rings. The number of aryl methyl sites for hydroxylation is 1. The van der Waals surface area contributed by atoms with Crippen LogP contribution in [0.1, 0.15) is 78.0 Å². The molecule has 2 atom stereocenters. The van der Waals surface area contributed by atoms with Crippen LogP contribution >= 0.6 is 25.3 Å². The molecule has 0 aromatic heterocycles. The Morgan fingerprint density at radius 1 is 1.08 bits per heavy atom. The zero-order chi connectivity index (χ0) is 20.3. The molecule has 1 aromatic carbocycles. The van der Waals surface area contributed by atoms with Crippen LogP contribution in [-0.4, -0.2) is 21.8 Å². The minimum Gasteiger partial charge on any atom is -0.507 e. The first-order valence-corrected chi connectivity index (χ1v) is 10.2. The van der Waals surface area contributed by atoms with Crippen molar-refractivity contribution >= 4 is 31.2 Å². The second-order valence-electron chi connectivity index (χ2n) is 9.07. The lowest BCUT2D eigenvalue weighted by atomic mass is 9.78. The molecule has 1 N–H and O–H groups in total. The van der Waals surface area contributed by atoms with Crippen molar-refractivity contribution in [2.75, 3.05) is 0 Å². The SMILES string of the molecule is CC(S)CC(S)OC(=O)CCc1cc(C(C)(C)C)c(O)c(C(C)(C)C)c1. The highest BCUT2D eigenvalue weighted by Crippen LogP contribution is 2.40. The Bertz CT molecular complexity index is 590. The summed E-state index contributed by atoms with van der Waals surface area (Å²) in [6, 6.07) is 4.01. The number of phenols is 1. The topological polar surface area (TPSA) is 46.5 Å².